The van der Waals surface area contributed by atoms with Crippen LogP contribution in [-0.4, -0.2) is 35.7 Å². The van der Waals surface area contributed by atoms with Gasteiger partial charge in [-0.1, -0.05) is 42.8 Å². The lowest BCUT2D eigenvalue weighted by Crippen LogP contribution is -2.39. The Labute approximate surface area is 159 Å². The van der Waals surface area contributed by atoms with Crippen LogP contribution in [0, 0.1) is 0 Å². The Morgan fingerprint density at radius 3 is 2.74 bits per heavy atom. The molecule has 3 rings (SSSR count). The van der Waals surface area contributed by atoms with Gasteiger partial charge in [0.2, 0.25) is 0 Å². The Kier molecular flexibility index (Phi) is 6.68. The Bertz CT molecular complexity index is 835. The van der Waals surface area contributed by atoms with Gasteiger partial charge in [-0.05, 0) is 37.6 Å². The van der Waals surface area contributed by atoms with Gasteiger partial charge in [-0.2, -0.15) is 0 Å². The molecule has 27 heavy (non-hydrogen) atoms. The van der Waals surface area contributed by atoms with E-state index in [1.807, 2.05) is 55.5 Å². The number of aliphatic hydroxyl groups excluding tert-OH is 1. The van der Waals surface area contributed by atoms with Gasteiger partial charge in [-0.15, -0.1) is 0 Å². The zero-order valence-corrected chi connectivity index (χ0v) is 15.7. The van der Waals surface area contributed by atoms with Gasteiger partial charge in [-0.25, -0.2) is 0 Å². The number of benzene rings is 2. The molecule has 0 saturated carbocycles. The molecule has 0 amide bonds. The molecule has 1 aromatic heterocycles. The number of para-hydroxylation sites is 1. The highest BCUT2D eigenvalue weighted by Crippen LogP contribution is 2.29. The summed E-state index contributed by atoms with van der Waals surface area (Å²) in [7, 11) is 0. The third kappa shape index (κ3) is 5.21. The number of aryl methyl sites for hydroxylation is 1. The molecule has 144 valence electrons. The van der Waals surface area contributed by atoms with Gasteiger partial charge in [0.25, 0.3) is 0 Å². The number of aliphatic hydroxyl groups is 1. The Balaban J connectivity index is 1.51. The normalized spacial score (nSPS) is 13.4. The summed E-state index contributed by atoms with van der Waals surface area (Å²) in [6, 6.07) is 15.2. The van der Waals surface area contributed by atoms with E-state index in [1.165, 1.54) is 0 Å². The van der Waals surface area contributed by atoms with Gasteiger partial charge in [0.05, 0.1) is 11.1 Å². The second kappa shape index (κ2) is 9.39. The topological polar surface area (TPSA) is 76.8 Å². The van der Waals surface area contributed by atoms with E-state index in [-0.39, 0.29) is 12.8 Å². The molecule has 2 atom stereocenters. The van der Waals surface area contributed by atoms with E-state index in [2.05, 4.69) is 17.4 Å². The van der Waals surface area contributed by atoms with Crippen molar-refractivity contribution < 1.29 is 19.1 Å². The van der Waals surface area contributed by atoms with Gasteiger partial charge in [0, 0.05) is 6.54 Å². The third-order valence-electron chi connectivity index (χ3n) is 4.15. The molecular formula is C21H26N2O4. The summed E-state index contributed by atoms with van der Waals surface area (Å²) in [6.07, 6.45) is 0.907. The van der Waals surface area contributed by atoms with Crippen LogP contribution in [0.25, 0.3) is 11.0 Å². The Morgan fingerprint density at radius 2 is 1.96 bits per heavy atom. The molecule has 0 aliphatic rings. The maximum Gasteiger partial charge on any atom is 0.170 e. The fraction of sp³-hybridized carbons (Fsp3) is 0.381. The zero-order chi connectivity index (χ0) is 19.1. The fourth-order valence-corrected chi connectivity index (χ4v) is 2.84. The molecule has 0 radical (unpaired) electrons. The molecule has 2 N–H and O–H groups in total. The third-order valence-corrected chi connectivity index (χ3v) is 4.15. The molecule has 6 heteroatoms. The van der Waals surface area contributed by atoms with Crippen molar-refractivity contribution >= 4 is 11.0 Å². The summed E-state index contributed by atoms with van der Waals surface area (Å²) in [5.41, 5.74) is 1.59. The average Bonchev–Trinajstić information content (AvgIpc) is 3.09. The smallest absolute Gasteiger partial charge is 0.170 e. The van der Waals surface area contributed by atoms with Crippen LogP contribution in [-0.2, 0) is 6.42 Å². The fourth-order valence-electron chi connectivity index (χ4n) is 2.84. The second-order valence-electron chi connectivity index (χ2n) is 6.45. The van der Waals surface area contributed by atoms with Crippen molar-refractivity contribution in [3.63, 3.8) is 0 Å². The predicted octanol–water partition coefficient (Wildman–Crippen LogP) is 3.53. The molecular weight excluding hydrogens is 344 g/mol. The molecule has 2 aromatic carbocycles. The van der Waals surface area contributed by atoms with Crippen LogP contribution in [0.3, 0.4) is 0 Å². The number of hydrogen-bond donors (Lipinski definition) is 2. The van der Waals surface area contributed by atoms with Gasteiger partial charge in [0.1, 0.15) is 30.4 Å². The van der Waals surface area contributed by atoms with E-state index in [1.54, 1.807) is 0 Å². The monoisotopic (exact) mass is 370 g/mol. The molecule has 6 nitrogen and oxygen atoms in total. The first-order chi connectivity index (χ1) is 13.2. The van der Waals surface area contributed by atoms with Gasteiger partial charge >= 0.3 is 0 Å². The zero-order valence-electron chi connectivity index (χ0n) is 15.7. The number of aromatic nitrogens is 1. The summed E-state index contributed by atoms with van der Waals surface area (Å²) in [4.78, 5) is 0. The molecule has 0 spiro atoms. The van der Waals surface area contributed by atoms with Crippen LogP contribution < -0.4 is 14.8 Å². The lowest BCUT2D eigenvalue weighted by molar-refractivity contribution is 0.0873. The van der Waals surface area contributed by atoms with Crippen LogP contribution in [0.15, 0.2) is 53.1 Å². The molecule has 0 aliphatic heterocycles. The maximum atomic E-state index is 10.2. The lowest BCUT2D eigenvalue weighted by Gasteiger charge is -2.19. The summed E-state index contributed by atoms with van der Waals surface area (Å²) < 4.78 is 16.9. The lowest BCUT2D eigenvalue weighted by atomic mass is 10.1. The van der Waals surface area contributed by atoms with Crippen LogP contribution >= 0.6 is 0 Å². The summed E-state index contributed by atoms with van der Waals surface area (Å²) in [6.45, 7) is 4.52. The number of hydrogen-bond acceptors (Lipinski definition) is 6. The minimum Gasteiger partial charge on any atom is -0.490 e. The van der Waals surface area contributed by atoms with E-state index >= 15 is 0 Å². The molecule has 0 aliphatic carbocycles. The van der Waals surface area contributed by atoms with Crippen molar-refractivity contribution in [1.29, 1.82) is 0 Å². The van der Waals surface area contributed by atoms with Gasteiger partial charge in [0.15, 0.2) is 5.58 Å². The standard InChI is InChI=1S/C21H26N2O4/c1-3-8-18-21-19(11-7-12-20(21)27-23-18)25-14-16(24)13-22-15(2)26-17-9-5-4-6-10-17/h4-7,9-12,15-16,22,24H,3,8,13-14H2,1-2H3. The number of rotatable bonds is 10. The van der Waals surface area contributed by atoms with Gasteiger partial charge in [-0.3, -0.25) is 5.32 Å². The van der Waals surface area contributed by atoms with Crippen molar-refractivity contribution in [2.75, 3.05) is 13.2 Å². The minimum absolute atomic E-state index is 0.168. The van der Waals surface area contributed by atoms with Crippen LogP contribution in [0.4, 0.5) is 0 Å². The van der Waals surface area contributed by atoms with Crippen molar-refractivity contribution in [2.24, 2.45) is 0 Å². The molecule has 2 unspecified atom stereocenters. The molecule has 0 saturated heterocycles. The van der Waals surface area contributed by atoms with Gasteiger partial charge < -0.3 is 19.1 Å². The molecule has 0 bridgehead atoms. The first-order valence-electron chi connectivity index (χ1n) is 9.30. The van der Waals surface area contributed by atoms with E-state index in [4.69, 9.17) is 14.0 Å². The quantitative estimate of drug-likeness (QED) is 0.532. The highest BCUT2D eigenvalue weighted by molar-refractivity contribution is 5.86. The van der Waals surface area contributed by atoms with Crippen LogP contribution in [0.1, 0.15) is 26.0 Å². The van der Waals surface area contributed by atoms with Crippen LogP contribution in [0.2, 0.25) is 0 Å². The van der Waals surface area contributed by atoms with Crippen molar-refractivity contribution in [2.45, 2.75) is 39.0 Å². The molecule has 3 aromatic rings. The second-order valence-corrected chi connectivity index (χ2v) is 6.45. The number of fused-ring (bicyclic) bond motifs is 1. The van der Waals surface area contributed by atoms with E-state index in [0.717, 1.165) is 29.7 Å². The highest BCUT2D eigenvalue weighted by Gasteiger charge is 2.15. The average molecular weight is 370 g/mol. The molecule has 1 heterocycles. The number of nitrogens with one attached hydrogen (secondary N) is 1. The number of nitrogens with zero attached hydrogens (tertiary/aromatic N) is 1. The van der Waals surface area contributed by atoms with E-state index < -0.39 is 6.10 Å². The summed E-state index contributed by atoms with van der Waals surface area (Å²) >= 11 is 0. The SMILES string of the molecule is CCCc1noc2cccc(OCC(O)CNC(C)Oc3ccccc3)c12. The maximum absolute atomic E-state index is 10.2. The van der Waals surface area contributed by atoms with Crippen molar-refractivity contribution in [3.05, 3.63) is 54.2 Å². The summed E-state index contributed by atoms with van der Waals surface area (Å²) in [5.74, 6) is 1.47. The van der Waals surface area contributed by atoms with E-state index in [9.17, 15) is 5.11 Å². The Morgan fingerprint density at radius 1 is 1.15 bits per heavy atom. The first-order valence-corrected chi connectivity index (χ1v) is 9.30. The van der Waals surface area contributed by atoms with Crippen LogP contribution in [0.5, 0.6) is 11.5 Å². The number of ether oxygens (including phenoxy) is 2. The minimum atomic E-state index is -0.670. The predicted molar refractivity (Wildman–Crippen MR) is 104 cm³/mol. The van der Waals surface area contributed by atoms with Crippen molar-refractivity contribution in [3.8, 4) is 11.5 Å². The molecule has 0 fully saturated rings. The first kappa shape index (κ1) is 19.2. The highest BCUT2D eigenvalue weighted by atomic mass is 16.5. The summed E-state index contributed by atoms with van der Waals surface area (Å²) in [5, 5.41) is 18.4. The van der Waals surface area contributed by atoms with E-state index in [0.29, 0.717) is 17.9 Å². The largest absolute Gasteiger partial charge is 0.490 e. The Hall–Kier alpha value is -2.57. The van der Waals surface area contributed by atoms with Crippen molar-refractivity contribution in [1.82, 2.24) is 10.5 Å².